The number of carbonyl (C=O) groups is 2. The molecule has 1 heterocycles. The minimum Gasteiger partial charge on any atom is -0.503 e. The van der Waals surface area contributed by atoms with Crippen LogP contribution in [0.5, 0.6) is 5.75 Å². The molecule has 1 amide bonds. The van der Waals surface area contributed by atoms with E-state index in [4.69, 9.17) is 14.2 Å². The molecule has 0 bridgehead atoms. The van der Waals surface area contributed by atoms with Gasteiger partial charge in [0.25, 0.3) is 0 Å². The number of hydrazone groups is 1. The van der Waals surface area contributed by atoms with Crippen molar-refractivity contribution >= 4 is 23.2 Å². The lowest BCUT2D eigenvalue weighted by atomic mass is 9.86. The summed E-state index contributed by atoms with van der Waals surface area (Å²) in [4.78, 5) is 24.7. The van der Waals surface area contributed by atoms with Gasteiger partial charge in [-0.3, -0.25) is 4.79 Å². The SMILES string of the molecule is CO/C=C(/C(=O)OC)c1ccccc1COc1ccc(C2=NN(C(C)=O)C(c3ccc(C(C)(C)C)cc3)C2)cc1. The predicted octanol–water partition coefficient (Wildman–Crippen LogP) is 6.42. The lowest BCUT2D eigenvalue weighted by molar-refractivity contribution is -0.134. The number of esters is 1. The summed E-state index contributed by atoms with van der Waals surface area (Å²) < 4.78 is 16.1. The van der Waals surface area contributed by atoms with Crippen LogP contribution in [0.2, 0.25) is 0 Å². The Kier molecular flexibility index (Phi) is 8.73. The van der Waals surface area contributed by atoms with E-state index in [0.717, 1.165) is 22.4 Å². The van der Waals surface area contributed by atoms with Crippen LogP contribution >= 0.6 is 0 Å². The number of nitrogens with zero attached hydrogens (tertiary/aromatic N) is 2. The van der Waals surface area contributed by atoms with Crippen molar-refractivity contribution in [3.05, 3.63) is 107 Å². The first-order chi connectivity index (χ1) is 19.1. The molecular weight excluding hydrogens is 504 g/mol. The molecule has 208 valence electrons. The quantitative estimate of drug-likeness (QED) is 0.187. The van der Waals surface area contributed by atoms with Crippen LogP contribution in [0.4, 0.5) is 0 Å². The lowest BCUT2D eigenvalue weighted by Crippen LogP contribution is -2.24. The molecule has 7 heteroatoms. The maximum Gasteiger partial charge on any atom is 0.341 e. The topological polar surface area (TPSA) is 77.4 Å². The summed E-state index contributed by atoms with van der Waals surface area (Å²) in [5.41, 5.74) is 5.97. The highest BCUT2D eigenvalue weighted by Gasteiger charge is 2.31. The molecule has 0 spiro atoms. The zero-order chi connectivity index (χ0) is 28.9. The Morgan fingerprint density at radius 1 is 0.975 bits per heavy atom. The summed E-state index contributed by atoms with van der Waals surface area (Å²) in [6.07, 6.45) is 2.00. The first-order valence-electron chi connectivity index (χ1n) is 13.2. The van der Waals surface area contributed by atoms with Crippen LogP contribution in [-0.4, -0.2) is 36.8 Å². The molecule has 0 radical (unpaired) electrons. The molecule has 0 fully saturated rings. The van der Waals surface area contributed by atoms with E-state index in [2.05, 4.69) is 50.1 Å². The molecule has 1 aliphatic rings. The van der Waals surface area contributed by atoms with Crippen LogP contribution in [0.1, 0.15) is 68.0 Å². The van der Waals surface area contributed by atoms with Gasteiger partial charge in [-0.2, -0.15) is 5.10 Å². The molecule has 1 aliphatic heterocycles. The Morgan fingerprint density at radius 3 is 2.25 bits per heavy atom. The van der Waals surface area contributed by atoms with E-state index in [1.165, 1.54) is 26.0 Å². The third kappa shape index (κ3) is 6.42. The largest absolute Gasteiger partial charge is 0.503 e. The number of amides is 1. The van der Waals surface area contributed by atoms with Crippen molar-refractivity contribution in [2.45, 2.75) is 52.2 Å². The van der Waals surface area contributed by atoms with Crippen molar-refractivity contribution < 1.29 is 23.8 Å². The molecule has 1 unspecified atom stereocenters. The number of carbonyl (C=O) groups excluding carboxylic acids is 2. The van der Waals surface area contributed by atoms with Gasteiger partial charge in [0.05, 0.1) is 32.2 Å². The smallest absolute Gasteiger partial charge is 0.341 e. The maximum absolute atomic E-state index is 12.4. The van der Waals surface area contributed by atoms with Gasteiger partial charge in [0.2, 0.25) is 5.91 Å². The van der Waals surface area contributed by atoms with Gasteiger partial charge in [-0.05, 0) is 57.5 Å². The van der Waals surface area contributed by atoms with Gasteiger partial charge in [-0.15, -0.1) is 0 Å². The number of hydrogen-bond donors (Lipinski definition) is 0. The van der Waals surface area contributed by atoms with E-state index in [9.17, 15) is 9.59 Å². The molecule has 3 aromatic carbocycles. The van der Waals surface area contributed by atoms with Crippen LogP contribution in [0, 0.1) is 0 Å². The molecule has 40 heavy (non-hydrogen) atoms. The Hall–Kier alpha value is -4.39. The average Bonchev–Trinajstić information content (AvgIpc) is 3.41. The molecule has 0 N–H and O–H groups in total. The third-order valence-corrected chi connectivity index (χ3v) is 6.92. The summed E-state index contributed by atoms with van der Waals surface area (Å²) in [5.74, 6) is 0.0941. The fraction of sp³-hybridized carbons (Fsp3) is 0.303. The van der Waals surface area contributed by atoms with Crippen molar-refractivity contribution in [1.82, 2.24) is 5.01 Å². The first-order valence-corrected chi connectivity index (χ1v) is 13.2. The van der Waals surface area contributed by atoms with Gasteiger partial charge in [0.15, 0.2) is 0 Å². The summed E-state index contributed by atoms with van der Waals surface area (Å²) >= 11 is 0. The van der Waals surface area contributed by atoms with Crippen LogP contribution in [-0.2, 0) is 31.1 Å². The molecule has 0 aromatic heterocycles. The average molecular weight is 541 g/mol. The molecule has 0 saturated heterocycles. The zero-order valence-electron chi connectivity index (χ0n) is 23.9. The van der Waals surface area contributed by atoms with Crippen LogP contribution in [0.25, 0.3) is 5.57 Å². The minimum atomic E-state index is -0.487. The molecule has 3 aromatic rings. The van der Waals surface area contributed by atoms with E-state index in [1.807, 2.05) is 48.5 Å². The number of benzene rings is 3. The zero-order valence-corrected chi connectivity index (χ0v) is 23.9. The second-order valence-corrected chi connectivity index (χ2v) is 10.7. The summed E-state index contributed by atoms with van der Waals surface area (Å²) in [5, 5.41) is 6.26. The number of methoxy groups -OCH3 is 2. The molecule has 7 nitrogen and oxygen atoms in total. The minimum absolute atomic E-state index is 0.0618. The molecule has 0 aliphatic carbocycles. The normalized spacial score (nSPS) is 15.4. The van der Waals surface area contributed by atoms with Gasteiger partial charge in [-0.25, -0.2) is 9.80 Å². The van der Waals surface area contributed by atoms with Gasteiger partial charge >= 0.3 is 5.97 Å². The highest BCUT2D eigenvalue weighted by molar-refractivity contribution is 6.16. The highest BCUT2D eigenvalue weighted by atomic mass is 16.5. The summed E-state index contributed by atoms with van der Waals surface area (Å²) in [7, 11) is 2.82. The Balaban J connectivity index is 1.48. The second-order valence-electron chi connectivity index (χ2n) is 10.7. The second kappa shape index (κ2) is 12.2. The number of rotatable bonds is 8. The first kappa shape index (κ1) is 28.6. The molecular formula is C33H36N2O5. The number of ether oxygens (including phenoxy) is 3. The number of hydrogen-bond acceptors (Lipinski definition) is 6. The molecule has 0 saturated carbocycles. The van der Waals surface area contributed by atoms with Crippen LogP contribution < -0.4 is 4.74 Å². The Labute approximate surface area is 236 Å². The van der Waals surface area contributed by atoms with Crippen molar-refractivity contribution in [3.8, 4) is 5.75 Å². The van der Waals surface area contributed by atoms with Crippen molar-refractivity contribution in [2.24, 2.45) is 5.10 Å². The van der Waals surface area contributed by atoms with Crippen molar-refractivity contribution in [1.29, 1.82) is 0 Å². The van der Waals surface area contributed by atoms with Crippen molar-refractivity contribution in [2.75, 3.05) is 14.2 Å². The van der Waals surface area contributed by atoms with E-state index in [-0.39, 0.29) is 24.0 Å². The Bertz CT molecular complexity index is 1420. The van der Waals surface area contributed by atoms with Crippen LogP contribution in [0.3, 0.4) is 0 Å². The van der Waals surface area contributed by atoms with E-state index in [1.54, 1.807) is 11.9 Å². The standard InChI is InChI=1S/C33H36N2O5/c1-22(36)35-31(24-11-15-26(16-12-24)33(2,3)4)19-30(34-35)23-13-17-27(18-14-23)40-20-25-9-7-8-10-28(25)29(21-38-5)32(37)39-6/h7-18,21,31H,19-20H2,1-6H3/b29-21+. The fourth-order valence-electron chi connectivity index (χ4n) is 4.70. The van der Waals surface area contributed by atoms with Gasteiger partial charge < -0.3 is 14.2 Å². The summed E-state index contributed by atoms with van der Waals surface area (Å²) in [6.45, 7) is 8.35. The van der Waals surface area contributed by atoms with E-state index in [0.29, 0.717) is 23.3 Å². The maximum atomic E-state index is 12.4. The van der Waals surface area contributed by atoms with Gasteiger partial charge in [-0.1, -0.05) is 69.3 Å². The van der Waals surface area contributed by atoms with E-state index < -0.39 is 5.97 Å². The van der Waals surface area contributed by atoms with Gasteiger partial charge in [0, 0.05) is 13.3 Å². The fourth-order valence-corrected chi connectivity index (χ4v) is 4.70. The van der Waals surface area contributed by atoms with Crippen molar-refractivity contribution in [3.63, 3.8) is 0 Å². The summed E-state index contributed by atoms with van der Waals surface area (Å²) in [6, 6.07) is 23.5. The third-order valence-electron chi connectivity index (χ3n) is 6.92. The monoisotopic (exact) mass is 540 g/mol. The predicted molar refractivity (Wildman–Crippen MR) is 156 cm³/mol. The molecule has 4 rings (SSSR count). The Morgan fingerprint density at radius 2 is 1.65 bits per heavy atom. The van der Waals surface area contributed by atoms with Gasteiger partial charge in [0.1, 0.15) is 17.9 Å². The highest BCUT2D eigenvalue weighted by Crippen LogP contribution is 2.34. The van der Waals surface area contributed by atoms with Crippen LogP contribution in [0.15, 0.2) is 84.2 Å². The lowest BCUT2D eigenvalue weighted by Gasteiger charge is -2.23. The molecule has 1 atom stereocenters. The van der Waals surface area contributed by atoms with E-state index >= 15 is 0 Å².